The molecule has 7 heteroatoms. The van der Waals surface area contributed by atoms with E-state index >= 15 is 0 Å². The van der Waals surface area contributed by atoms with Gasteiger partial charge in [-0.2, -0.15) is 4.98 Å². The lowest BCUT2D eigenvalue weighted by Crippen LogP contribution is -2.03. The zero-order valence-corrected chi connectivity index (χ0v) is 11.8. The summed E-state index contributed by atoms with van der Waals surface area (Å²) in [5.41, 5.74) is 0.950. The van der Waals surface area contributed by atoms with Crippen LogP contribution in [0.4, 0.5) is 5.82 Å². The van der Waals surface area contributed by atoms with Crippen molar-refractivity contribution < 1.29 is 18.9 Å². The summed E-state index contributed by atoms with van der Waals surface area (Å²) in [6, 6.07) is 5.66. The molecule has 110 valence electrons. The lowest BCUT2D eigenvalue weighted by atomic mass is 10.2. The van der Waals surface area contributed by atoms with Gasteiger partial charge in [-0.1, -0.05) is 6.07 Å². The van der Waals surface area contributed by atoms with E-state index in [1.54, 1.807) is 14.2 Å². The van der Waals surface area contributed by atoms with Crippen molar-refractivity contribution in [3.8, 4) is 23.1 Å². The van der Waals surface area contributed by atoms with Gasteiger partial charge in [-0.3, -0.25) is 0 Å². The van der Waals surface area contributed by atoms with E-state index in [2.05, 4.69) is 15.3 Å². The molecule has 1 aromatic heterocycles. The molecule has 1 aliphatic heterocycles. The number of aromatic nitrogens is 2. The number of anilines is 1. The van der Waals surface area contributed by atoms with Gasteiger partial charge in [0.2, 0.25) is 12.5 Å². The summed E-state index contributed by atoms with van der Waals surface area (Å²) >= 11 is 0. The smallest absolute Gasteiger partial charge is 0.262 e. The van der Waals surface area contributed by atoms with E-state index in [-0.39, 0.29) is 6.79 Å². The molecule has 0 unspecified atom stereocenters. The number of benzene rings is 1. The third kappa shape index (κ3) is 2.62. The summed E-state index contributed by atoms with van der Waals surface area (Å²) in [6.07, 6.45) is 1.42. The maximum Gasteiger partial charge on any atom is 0.262 e. The number of methoxy groups -OCH3 is 1. The third-order valence-corrected chi connectivity index (χ3v) is 3.02. The Bertz CT molecular complexity index is 648. The summed E-state index contributed by atoms with van der Waals surface area (Å²) < 4.78 is 21.6. The average molecular weight is 289 g/mol. The summed E-state index contributed by atoms with van der Waals surface area (Å²) in [6.45, 7) is 0.595. The molecule has 1 aromatic carbocycles. The summed E-state index contributed by atoms with van der Waals surface area (Å²) in [7, 11) is 3.30. The number of hydrogen-bond acceptors (Lipinski definition) is 7. The van der Waals surface area contributed by atoms with Gasteiger partial charge in [-0.25, -0.2) is 4.98 Å². The first-order valence-corrected chi connectivity index (χ1v) is 6.40. The molecule has 2 heterocycles. The van der Waals surface area contributed by atoms with E-state index < -0.39 is 0 Å². The van der Waals surface area contributed by atoms with Crippen LogP contribution in [0.15, 0.2) is 24.5 Å². The quantitative estimate of drug-likeness (QED) is 0.900. The lowest BCUT2D eigenvalue weighted by molar-refractivity contribution is 0.174. The van der Waals surface area contributed by atoms with Crippen LogP contribution in [0.1, 0.15) is 5.56 Å². The van der Waals surface area contributed by atoms with Gasteiger partial charge in [-0.15, -0.1) is 0 Å². The number of hydrogen-bond donors (Lipinski definition) is 1. The van der Waals surface area contributed by atoms with E-state index in [1.165, 1.54) is 6.33 Å². The van der Waals surface area contributed by atoms with Crippen molar-refractivity contribution in [1.82, 2.24) is 9.97 Å². The normalized spacial score (nSPS) is 12.1. The van der Waals surface area contributed by atoms with Crippen LogP contribution in [0, 0.1) is 0 Å². The molecule has 0 saturated carbocycles. The number of nitrogens with zero attached hydrogens (tertiary/aromatic N) is 2. The summed E-state index contributed by atoms with van der Waals surface area (Å²) in [5, 5.41) is 2.93. The van der Waals surface area contributed by atoms with Gasteiger partial charge >= 0.3 is 0 Å². The molecule has 2 aromatic rings. The number of nitrogens with one attached hydrogen (secondary N) is 1. The van der Waals surface area contributed by atoms with E-state index in [0.717, 1.165) is 17.1 Å². The fraction of sp³-hybridized carbons (Fsp3) is 0.286. The van der Waals surface area contributed by atoms with Crippen LogP contribution in [-0.2, 0) is 6.61 Å². The Morgan fingerprint density at radius 3 is 2.90 bits per heavy atom. The molecule has 0 radical (unpaired) electrons. The highest BCUT2D eigenvalue weighted by Gasteiger charge is 2.15. The lowest BCUT2D eigenvalue weighted by Gasteiger charge is -2.12. The maximum atomic E-state index is 5.70. The third-order valence-electron chi connectivity index (χ3n) is 3.02. The van der Waals surface area contributed by atoms with Gasteiger partial charge < -0.3 is 24.3 Å². The van der Waals surface area contributed by atoms with Crippen molar-refractivity contribution in [3.05, 3.63) is 30.1 Å². The molecule has 21 heavy (non-hydrogen) atoms. The van der Waals surface area contributed by atoms with Gasteiger partial charge in [-0.05, 0) is 17.7 Å². The number of ether oxygens (including phenoxy) is 4. The van der Waals surface area contributed by atoms with Crippen LogP contribution in [0.3, 0.4) is 0 Å². The Balaban J connectivity index is 1.76. The minimum atomic E-state index is 0.255. The molecule has 1 N–H and O–H groups in total. The molecule has 0 saturated heterocycles. The number of fused-ring (bicyclic) bond motifs is 1. The molecule has 0 spiro atoms. The molecular formula is C14H15N3O4. The predicted octanol–water partition coefficient (Wildman–Crippen LogP) is 1.83. The van der Waals surface area contributed by atoms with E-state index in [1.807, 2.05) is 18.2 Å². The Hall–Kier alpha value is -2.70. The van der Waals surface area contributed by atoms with Crippen molar-refractivity contribution in [1.29, 1.82) is 0 Å². The SMILES string of the molecule is CNc1ncnc(OCc2ccc3c(c2)OCO3)c1OC. The van der Waals surface area contributed by atoms with Crippen molar-refractivity contribution in [2.24, 2.45) is 0 Å². The molecule has 0 atom stereocenters. The van der Waals surface area contributed by atoms with Gasteiger partial charge in [0, 0.05) is 7.05 Å². The Kier molecular flexibility index (Phi) is 3.63. The maximum absolute atomic E-state index is 5.70. The van der Waals surface area contributed by atoms with Gasteiger partial charge in [0.05, 0.1) is 7.11 Å². The van der Waals surface area contributed by atoms with Gasteiger partial charge in [0.25, 0.3) is 5.88 Å². The van der Waals surface area contributed by atoms with Crippen molar-refractivity contribution in [3.63, 3.8) is 0 Å². The average Bonchev–Trinajstić information content (AvgIpc) is 2.99. The molecule has 0 bridgehead atoms. The van der Waals surface area contributed by atoms with Crippen LogP contribution in [0.5, 0.6) is 23.1 Å². The highest BCUT2D eigenvalue weighted by atomic mass is 16.7. The Morgan fingerprint density at radius 2 is 2.10 bits per heavy atom. The van der Waals surface area contributed by atoms with Gasteiger partial charge in [0.1, 0.15) is 12.9 Å². The second-order valence-corrected chi connectivity index (χ2v) is 4.29. The fourth-order valence-corrected chi connectivity index (χ4v) is 2.00. The minimum Gasteiger partial charge on any atom is -0.489 e. The van der Waals surface area contributed by atoms with Crippen LogP contribution in [0.25, 0.3) is 0 Å². The van der Waals surface area contributed by atoms with E-state index in [4.69, 9.17) is 18.9 Å². The first-order valence-electron chi connectivity index (χ1n) is 6.40. The standard InChI is InChI=1S/C14H15N3O4/c1-15-13-12(18-2)14(17-7-16-13)19-6-9-3-4-10-11(5-9)21-8-20-10/h3-5,7H,6,8H2,1-2H3,(H,15,16,17). The molecular weight excluding hydrogens is 274 g/mol. The second-order valence-electron chi connectivity index (χ2n) is 4.29. The summed E-state index contributed by atoms with van der Waals surface area (Å²) in [4.78, 5) is 8.16. The highest BCUT2D eigenvalue weighted by Crippen LogP contribution is 2.34. The van der Waals surface area contributed by atoms with Crippen molar-refractivity contribution >= 4 is 5.82 Å². The molecule has 0 fully saturated rings. The first-order chi connectivity index (χ1) is 10.3. The van der Waals surface area contributed by atoms with Crippen molar-refractivity contribution in [2.45, 2.75) is 6.61 Å². The number of rotatable bonds is 5. The Morgan fingerprint density at radius 1 is 1.24 bits per heavy atom. The minimum absolute atomic E-state index is 0.255. The highest BCUT2D eigenvalue weighted by molar-refractivity contribution is 5.54. The molecule has 7 nitrogen and oxygen atoms in total. The molecule has 0 amide bonds. The fourth-order valence-electron chi connectivity index (χ4n) is 2.00. The zero-order valence-electron chi connectivity index (χ0n) is 11.8. The van der Waals surface area contributed by atoms with Crippen LogP contribution < -0.4 is 24.3 Å². The van der Waals surface area contributed by atoms with Crippen LogP contribution in [-0.4, -0.2) is 30.9 Å². The van der Waals surface area contributed by atoms with Gasteiger partial charge in [0.15, 0.2) is 17.3 Å². The van der Waals surface area contributed by atoms with Crippen LogP contribution in [0.2, 0.25) is 0 Å². The van der Waals surface area contributed by atoms with E-state index in [9.17, 15) is 0 Å². The molecule has 3 rings (SSSR count). The topological polar surface area (TPSA) is 74.7 Å². The van der Waals surface area contributed by atoms with Crippen molar-refractivity contribution in [2.75, 3.05) is 26.3 Å². The Labute approximate surface area is 121 Å². The zero-order chi connectivity index (χ0) is 14.7. The predicted molar refractivity (Wildman–Crippen MR) is 75.0 cm³/mol. The monoisotopic (exact) mass is 289 g/mol. The first kappa shape index (κ1) is 13.3. The summed E-state index contributed by atoms with van der Waals surface area (Å²) in [5.74, 6) is 2.90. The second kappa shape index (κ2) is 5.74. The van der Waals surface area contributed by atoms with Crippen LogP contribution >= 0.6 is 0 Å². The molecule has 0 aliphatic carbocycles. The van der Waals surface area contributed by atoms with E-state index in [0.29, 0.717) is 24.1 Å². The largest absolute Gasteiger partial charge is 0.489 e. The molecule has 1 aliphatic rings.